The summed E-state index contributed by atoms with van der Waals surface area (Å²) in [5, 5.41) is 2.47. The van der Waals surface area contributed by atoms with E-state index in [2.05, 4.69) is 105 Å². The van der Waals surface area contributed by atoms with E-state index >= 15 is 0 Å². The van der Waals surface area contributed by atoms with E-state index in [1.165, 1.54) is 16.3 Å². The standard InChI is InChI=1S/C26H24BN/c1-26(2,3)21-9-14-23(15-10-21)28(24-16-11-22(27)12-17-24)25-13-8-19-6-4-5-7-20(19)18-25/h4-18H,1-3H3. The lowest BCUT2D eigenvalue weighted by atomic mass is 9.87. The van der Waals surface area contributed by atoms with Gasteiger partial charge in [0.15, 0.2) is 0 Å². The molecule has 2 heteroatoms. The van der Waals surface area contributed by atoms with Gasteiger partial charge in [0.05, 0.1) is 0 Å². The molecule has 0 atom stereocenters. The summed E-state index contributed by atoms with van der Waals surface area (Å²) in [6.45, 7) is 6.72. The monoisotopic (exact) mass is 361 g/mol. The molecule has 0 heterocycles. The van der Waals surface area contributed by atoms with Crippen molar-refractivity contribution >= 4 is 41.1 Å². The van der Waals surface area contributed by atoms with Crippen molar-refractivity contribution < 1.29 is 0 Å². The largest absolute Gasteiger partial charge is 0.310 e. The van der Waals surface area contributed by atoms with Crippen molar-refractivity contribution in [1.82, 2.24) is 0 Å². The number of anilines is 3. The van der Waals surface area contributed by atoms with Crippen LogP contribution in [0.3, 0.4) is 0 Å². The zero-order chi connectivity index (χ0) is 19.7. The number of nitrogens with zero attached hydrogens (tertiary/aromatic N) is 1. The van der Waals surface area contributed by atoms with E-state index in [1.807, 2.05) is 12.1 Å². The highest BCUT2D eigenvalue weighted by Gasteiger charge is 2.16. The normalized spacial score (nSPS) is 11.5. The molecule has 2 radical (unpaired) electrons. The third-order valence-electron chi connectivity index (χ3n) is 5.13. The fourth-order valence-corrected chi connectivity index (χ4v) is 3.50. The van der Waals surface area contributed by atoms with Crippen molar-refractivity contribution in [2.45, 2.75) is 26.2 Å². The average molecular weight is 361 g/mol. The third-order valence-corrected chi connectivity index (χ3v) is 5.13. The Kier molecular flexibility index (Phi) is 4.72. The molecule has 136 valence electrons. The molecule has 0 bridgehead atoms. The first-order valence-corrected chi connectivity index (χ1v) is 9.67. The summed E-state index contributed by atoms with van der Waals surface area (Å²) in [4.78, 5) is 2.28. The summed E-state index contributed by atoms with van der Waals surface area (Å²) < 4.78 is 0. The van der Waals surface area contributed by atoms with Crippen molar-refractivity contribution in [3.05, 3.63) is 96.6 Å². The molecule has 0 aliphatic rings. The number of hydrogen-bond donors (Lipinski definition) is 0. The van der Waals surface area contributed by atoms with Crippen molar-refractivity contribution in [3.8, 4) is 0 Å². The van der Waals surface area contributed by atoms with Crippen molar-refractivity contribution in [1.29, 1.82) is 0 Å². The Morgan fingerprint density at radius 3 is 1.75 bits per heavy atom. The van der Waals surface area contributed by atoms with Gasteiger partial charge in [-0.2, -0.15) is 0 Å². The van der Waals surface area contributed by atoms with E-state index in [0.717, 1.165) is 22.5 Å². The van der Waals surface area contributed by atoms with Gasteiger partial charge in [-0.15, -0.1) is 0 Å². The lowest BCUT2D eigenvalue weighted by molar-refractivity contribution is 0.590. The predicted octanol–water partition coefficient (Wildman–Crippen LogP) is 6.40. The van der Waals surface area contributed by atoms with Crippen LogP contribution in [-0.2, 0) is 5.41 Å². The van der Waals surface area contributed by atoms with Gasteiger partial charge in [0, 0.05) is 17.1 Å². The van der Waals surface area contributed by atoms with Crippen LogP contribution in [0.4, 0.5) is 17.1 Å². The van der Waals surface area contributed by atoms with E-state index < -0.39 is 0 Å². The minimum atomic E-state index is 0.132. The van der Waals surface area contributed by atoms with Crippen LogP contribution in [0.2, 0.25) is 0 Å². The molecule has 0 spiro atoms. The van der Waals surface area contributed by atoms with Gasteiger partial charge in [0.2, 0.25) is 0 Å². The molecule has 4 aromatic carbocycles. The summed E-state index contributed by atoms with van der Waals surface area (Å²) in [5.41, 5.74) is 5.58. The molecular formula is C26H24BN. The van der Waals surface area contributed by atoms with Gasteiger partial charge in [-0.05, 0) is 58.1 Å². The Bertz CT molecular complexity index is 1090. The molecule has 0 saturated carbocycles. The maximum absolute atomic E-state index is 5.93. The third kappa shape index (κ3) is 3.68. The van der Waals surface area contributed by atoms with Gasteiger partial charge in [-0.25, -0.2) is 0 Å². The molecule has 28 heavy (non-hydrogen) atoms. The molecule has 0 saturated heterocycles. The topological polar surface area (TPSA) is 3.24 Å². The van der Waals surface area contributed by atoms with Gasteiger partial charge in [0.25, 0.3) is 0 Å². The van der Waals surface area contributed by atoms with Gasteiger partial charge in [-0.1, -0.05) is 80.8 Å². The van der Waals surface area contributed by atoms with Crippen LogP contribution in [0, 0.1) is 0 Å². The van der Waals surface area contributed by atoms with E-state index in [-0.39, 0.29) is 5.41 Å². The number of rotatable bonds is 3. The summed E-state index contributed by atoms with van der Waals surface area (Å²) in [7, 11) is 5.93. The first-order valence-electron chi connectivity index (χ1n) is 9.67. The highest BCUT2D eigenvalue weighted by atomic mass is 15.1. The Morgan fingerprint density at radius 2 is 1.14 bits per heavy atom. The molecule has 0 aliphatic heterocycles. The Morgan fingerprint density at radius 1 is 0.607 bits per heavy atom. The van der Waals surface area contributed by atoms with Crippen LogP contribution < -0.4 is 10.4 Å². The molecule has 4 rings (SSSR count). The lowest BCUT2D eigenvalue weighted by Gasteiger charge is -2.27. The second-order valence-corrected chi connectivity index (χ2v) is 8.26. The van der Waals surface area contributed by atoms with Crippen LogP contribution in [0.5, 0.6) is 0 Å². The Balaban J connectivity index is 1.85. The first-order chi connectivity index (χ1) is 13.4. The molecule has 0 aliphatic carbocycles. The molecule has 4 aromatic rings. The fourth-order valence-electron chi connectivity index (χ4n) is 3.50. The highest BCUT2D eigenvalue weighted by molar-refractivity contribution is 6.32. The second kappa shape index (κ2) is 7.20. The molecule has 0 aromatic heterocycles. The lowest BCUT2D eigenvalue weighted by Crippen LogP contribution is -2.13. The molecule has 0 amide bonds. The quantitative estimate of drug-likeness (QED) is 0.382. The summed E-state index contributed by atoms with van der Waals surface area (Å²) >= 11 is 0. The van der Waals surface area contributed by atoms with Gasteiger partial charge in [-0.3, -0.25) is 0 Å². The number of hydrogen-bond acceptors (Lipinski definition) is 1. The molecule has 1 nitrogen and oxygen atoms in total. The first kappa shape index (κ1) is 18.4. The van der Waals surface area contributed by atoms with E-state index in [0.29, 0.717) is 0 Å². The zero-order valence-corrected chi connectivity index (χ0v) is 16.7. The van der Waals surface area contributed by atoms with Crippen LogP contribution in [0.25, 0.3) is 10.8 Å². The molecule has 0 N–H and O–H groups in total. The maximum Gasteiger partial charge on any atom is 0.113 e. The Hall–Kier alpha value is -3.00. The van der Waals surface area contributed by atoms with Gasteiger partial charge < -0.3 is 4.90 Å². The smallest absolute Gasteiger partial charge is 0.113 e. The fraction of sp³-hybridized carbons (Fsp3) is 0.154. The minimum absolute atomic E-state index is 0.132. The van der Waals surface area contributed by atoms with Gasteiger partial charge in [0.1, 0.15) is 7.85 Å². The van der Waals surface area contributed by atoms with Crippen LogP contribution >= 0.6 is 0 Å². The molecule has 0 unspecified atom stereocenters. The Labute approximate surface area is 169 Å². The van der Waals surface area contributed by atoms with Crippen LogP contribution in [0.15, 0.2) is 91.0 Å². The number of fused-ring (bicyclic) bond motifs is 1. The van der Waals surface area contributed by atoms with E-state index in [4.69, 9.17) is 7.85 Å². The SMILES string of the molecule is [B]c1ccc(N(c2ccc(C(C)(C)C)cc2)c2ccc3ccccc3c2)cc1. The second-order valence-electron chi connectivity index (χ2n) is 8.26. The molecular weight excluding hydrogens is 337 g/mol. The molecule has 0 fully saturated rings. The van der Waals surface area contributed by atoms with Crippen LogP contribution in [0.1, 0.15) is 26.3 Å². The summed E-state index contributed by atoms with van der Waals surface area (Å²) in [6.07, 6.45) is 0. The summed E-state index contributed by atoms with van der Waals surface area (Å²) in [5.74, 6) is 0. The predicted molar refractivity (Wildman–Crippen MR) is 123 cm³/mol. The van der Waals surface area contributed by atoms with Crippen LogP contribution in [-0.4, -0.2) is 7.85 Å². The average Bonchev–Trinajstić information content (AvgIpc) is 2.69. The minimum Gasteiger partial charge on any atom is -0.310 e. The van der Waals surface area contributed by atoms with Crippen molar-refractivity contribution in [2.24, 2.45) is 0 Å². The van der Waals surface area contributed by atoms with E-state index in [9.17, 15) is 0 Å². The van der Waals surface area contributed by atoms with E-state index in [1.54, 1.807) is 0 Å². The summed E-state index contributed by atoms with van der Waals surface area (Å²) in [6, 6.07) is 31.9. The van der Waals surface area contributed by atoms with Crippen molar-refractivity contribution in [2.75, 3.05) is 4.90 Å². The zero-order valence-electron chi connectivity index (χ0n) is 16.7. The maximum atomic E-state index is 5.93. The highest BCUT2D eigenvalue weighted by Crippen LogP contribution is 2.36. The van der Waals surface area contributed by atoms with Gasteiger partial charge >= 0.3 is 0 Å². The van der Waals surface area contributed by atoms with Crippen molar-refractivity contribution in [3.63, 3.8) is 0 Å². The number of benzene rings is 4.